The lowest BCUT2D eigenvalue weighted by Crippen LogP contribution is -2.42. The quantitative estimate of drug-likeness (QED) is 0.156. The molecule has 0 bridgehead atoms. The second kappa shape index (κ2) is 16.1. The molecule has 4 atom stereocenters. The summed E-state index contributed by atoms with van der Waals surface area (Å²) in [5.74, 6) is 2.06. The minimum absolute atomic E-state index is 0.122. The van der Waals surface area contributed by atoms with Gasteiger partial charge in [0.2, 0.25) is 0 Å². The van der Waals surface area contributed by atoms with E-state index in [-0.39, 0.29) is 23.7 Å². The average molecular weight is 615 g/mol. The van der Waals surface area contributed by atoms with Crippen LogP contribution < -0.4 is 0 Å². The van der Waals surface area contributed by atoms with Gasteiger partial charge in [-0.3, -0.25) is 0 Å². The molecule has 4 aromatic carbocycles. The van der Waals surface area contributed by atoms with Crippen LogP contribution in [0, 0.1) is 17.8 Å². The van der Waals surface area contributed by atoms with Gasteiger partial charge in [-0.15, -0.1) is 0 Å². The topological polar surface area (TPSA) is 40.5 Å². The predicted molar refractivity (Wildman–Crippen MR) is 191 cm³/mol. The highest BCUT2D eigenvalue weighted by Crippen LogP contribution is 2.54. The van der Waals surface area contributed by atoms with E-state index in [9.17, 15) is 10.2 Å². The number of aliphatic hydroxyl groups excluding tert-OH is 2. The third-order valence-electron chi connectivity index (χ3n) is 11.6. The minimum atomic E-state index is -0.395. The molecule has 0 spiro atoms. The Morgan fingerprint density at radius 3 is 1.07 bits per heavy atom. The van der Waals surface area contributed by atoms with Crippen molar-refractivity contribution < 1.29 is 10.2 Å². The average Bonchev–Trinajstić information content (AvgIpc) is 3.12. The molecule has 0 saturated heterocycles. The smallest absolute Gasteiger partial charge is 0.0677 e. The Labute approximate surface area is 277 Å². The second-order valence-electron chi connectivity index (χ2n) is 14.4. The molecule has 0 amide bonds. The summed E-state index contributed by atoms with van der Waals surface area (Å²) in [6.45, 7) is 2.30. The van der Waals surface area contributed by atoms with Crippen molar-refractivity contribution in [2.45, 2.75) is 107 Å². The van der Waals surface area contributed by atoms with Crippen LogP contribution in [0.1, 0.15) is 117 Å². The Hall–Kier alpha value is -3.20. The van der Waals surface area contributed by atoms with E-state index in [4.69, 9.17) is 0 Å². The zero-order valence-electron chi connectivity index (χ0n) is 27.7. The Morgan fingerprint density at radius 1 is 0.457 bits per heavy atom. The molecular weight excluding hydrogens is 560 g/mol. The highest BCUT2D eigenvalue weighted by molar-refractivity contribution is 5.30. The van der Waals surface area contributed by atoms with Crippen molar-refractivity contribution in [2.24, 2.45) is 17.8 Å². The number of benzene rings is 4. The maximum Gasteiger partial charge on any atom is 0.0677 e. The molecular formula is C44H54O2. The molecule has 2 aliphatic rings. The summed E-state index contributed by atoms with van der Waals surface area (Å²) >= 11 is 0. The number of hydrogen-bond acceptors (Lipinski definition) is 2. The molecule has 0 heterocycles. The lowest BCUT2D eigenvalue weighted by molar-refractivity contribution is 0.00265. The van der Waals surface area contributed by atoms with Gasteiger partial charge in [0.15, 0.2) is 0 Å². The fourth-order valence-electron chi connectivity index (χ4n) is 9.29. The summed E-state index contributed by atoms with van der Waals surface area (Å²) in [5, 5.41) is 24.0. The van der Waals surface area contributed by atoms with Gasteiger partial charge in [0.25, 0.3) is 0 Å². The molecule has 4 aromatic rings. The predicted octanol–water partition coefficient (Wildman–Crippen LogP) is 10.6. The summed E-state index contributed by atoms with van der Waals surface area (Å²) in [6.07, 6.45) is 11.0. The van der Waals surface area contributed by atoms with Crippen LogP contribution in [0.3, 0.4) is 0 Å². The Morgan fingerprint density at radius 2 is 0.761 bits per heavy atom. The van der Waals surface area contributed by atoms with Gasteiger partial charge in [0, 0.05) is 23.7 Å². The maximum absolute atomic E-state index is 12.0. The number of rotatable bonds is 12. The van der Waals surface area contributed by atoms with Gasteiger partial charge in [-0.1, -0.05) is 160 Å². The third kappa shape index (κ3) is 7.67. The van der Waals surface area contributed by atoms with Crippen LogP contribution in [0.15, 0.2) is 121 Å². The molecule has 2 aliphatic carbocycles. The van der Waals surface area contributed by atoms with E-state index in [1.54, 1.807) is 0 Å². The van der Waals surface area contributed by atoms with Gasteiger partial charge in [-0.25, -0.2) is 0 Å². The van der Waals surface area contributed by atoms with Gasteiger partial charge in [0.1, 0.15) is 0 Å². The van der Waals surface area contributed by atoms with Gasteiger partial charge >= 0.3 is 0 Å². The summed E-state index contributed by atoms with van der Waals surface area (Å²) in [6, 6.07) is 43.2. The van der Waals surface area contributed by atoms with Crippen LogP contribution in [0.2, 0.25) is 0 Å². The highest BCUT2D eigenvalue weighted by Gasteiger charge is 2.46. The Balaban J connectivity index is 1.37. The SMILES string of the molecule is CCCCCCCC(C1CC(c2ccccc2)C(O)C(c2ccccc2)C1)C1CC(c2ccccc2)C(O)C(c2ccccc2)C1. The Kier molecular flexibility index (Phi) is 11.4. The van der Waals surface area contributed by atoms with E-state index >= 15 is 0 Å². The van der Waals surface area contributed by atoms with Crippen molar-refractivity contribution in [3.63, 3.8) is 0 Å². The molecule has 4 unspecified atom stereocenters. The van der Waals surface area contributed by atoms with Crippen LogP contribution >= 0.6 is 0 Å². The summed E-state index contributed by atoms with van der Waals surface area (Å²) in [7, 11) is 0. The van der Waals surface area contributed by atoms with Gasteiger partial charge < -0.3 is 10.2 Å². The first-order chi connectivity index (χ1) is 22.6. The largest absolute Gasteiger partial charge is 0.392 e. The molecule has 0 aromatic heterocycles. The number of hydrogen-bond donors (Lipinski definition) is 2. The second-order valence-corrected chi connectivity index (χ2v) is 14.4. The summed E-state index contributed by atoms with van der Waals surface area (Å²) < 4.78 is 0. The molecule has 6 rings (SSSR count). The number of unbranched alkanes of at least 4 members (excludes halogenated alkanes) is 4. The zero-order valence-corrected chi connectivity index (χ0v) is 27.7. The van der Waals surface area contributed by atoms with Crippen molar-refractivity contribution in [3.05, 3.63) is 144 Å². The van der Waals surface area contributed by atoms with E-state index in [2.05, 4.69) is 128 Å². The lowest BCUT2D eigenvalue weighted by atomic mass is 9.58. The molecule has 0 aliphatic heterocycles. The molecule has 2 fully saturated rings. The van der Waals surface area contributed by atoms with Crippen LogP contribution in [0.25, 0.3) is 0 Å². The van der Waals surface area contributed by atoms with Crippen molar-refractivity contribution in [3.8, 4) is 0 Å². The van der Waals surface area contributed by atoms with Crippen molar-refractivity contribution in [1.29, 1.82) is 0 Å². The molecule has 242 valence electrons. The monoisotopic (exact) mass is 614 g/mol. The fraction of sp³-hybridized carbons (Fsp3) is 0.455. The molecule has 2 heteroatoms. The third-order valence-corrected chi connectivity index (χ3v) is 11.6. The molecule has 2 saturated carbocycles. The standard InChI is InChI=1S/C44H54O2/c1-2-3-4-5-18-27-38(36-28-39(32-19-10-6-11-20-32)43(45)40(29-36)33-21-12-7-13-22-33)37-30-41(34-23-14-8-15-24-34)44(46)42(31-37)35-25-16-9-17-26-35/h6-17,19-26,36-46H,2-5,18,27-31H2,1H3. The highest BCUT2D eigenvalue weighted by atomic mass is 16.3. The lowest BCUT2D eigenvalue weighted by Gasteiger charge is -2.48. The van der Waals surface area contributed by atoms with Crippen LogP contribution in [0.4, 0.5) is 0 Å². The van der Waals surface area contributed by atoms with Crippen LogP contribution in [-0.2, 0) is 0 Å². The normalized spacial score (nSPS) is 28.8. The maximum atomic E-state index is 12.0. The first-order valence-corrected chi connectivity index (χ1v) is 18.2. The first-order valence-electron chi connectivity index (χ1n) is 18.2. The van der Waals surface area contributed by atoms with E-state index in [1.807, 2.05) is 0 Å². The van der Waals surface area contributed by atoms with Crippen LogP contribution in [-0.4, -0.2) is 22.4 Å². The van der Waals surface area contributed by atoms with Crippen molar-refractivity contribution >= 4 is 0 Å². The van der Waals surface area contributed by atoms with Gasteiger partial charge in [-0.05, 0) is 72.1 Å². The number of aliphatic hydroxyl groups is 2. The van der Waals surface area contributed by atoms with E-state index in [0.717, 1.165) is 25.7 Å². The zero-order chi connectivity index (χ0) is 31.7. The minimum Gasteiger partial charge on any atom is -0.392 e. The Bertz CT molecular complexity index is 1220. The van der Waals surface area contributed by atoms with Gasteiger partial charge in [-0.2, -0.15) is 0 Å². The van der Waals surface area contributed by atoms with Gasteiger partial charge in [0.05, 0.1) is 12.2 Å². The van der Waals surface area contributed by atoms with E-state index < -0.39 is 12.2 Å². The molecule has 0 radical (unpaired) electrons. The summed E-state index contributed by atoms with van der Waals surface area (Å²) in [4.78, 5) is 0. The van der Waals surface area contributed by atoms with E-state index in [0.29, 0.717) is 17.8 Å². The van der Waals surface area contributed by atoms with E-state index in [1.165, 1.54) is 60.8 Å². The van der Waals surface area contributed by atoms with Crippen molar-refractivity contribution in [1.82, 2.24) is 0 Å². The first kappa shape index (κ1) is 32.7. The van der Waals surface area contributed by atoms with Crippen molar-refractivity contribution in [2.75, 3.05) is 0 Å². The van der Waals surface area contributed by atoms with Crippen LogP contribution in [0.5, 0.6) is 0 Å². The molecule has 2 nitrogen and oxygen atoms in total. The summed E-state index contributed by atoms with van der Waals surface area (Å²) in [5.41, 5.74) is 5.08. The molecule has 2 N–H and O–H groups in total. The molecule has 46 heavy (non-hydrogen) atoms. The fourth-order valence-corrected chi connectivity index (χ4v) is 9.29.